The van der Waals surface area contributed by atoms with Gasteiger partial charge >= 0.3 is 12.2 Å². The molecule has 278 valence electrons. The summed E-state index contributed by atoms with van der Waals surface area (Å²) >= 11 is 0. The minimum atomic E-state index is -5.08. The molecule has 52 heavy (non-hydrogen) atoms. The third-order valence-electron chi connectivity index (χ3n) is 12.0. The Kier molecular flexibility index (Phi) is 8.12. The molecule has 3 aromatic rings. The SMILES string of the molecule is C=C1CN2CCC[C@@]2(COc2nc3c4c(nc(-c5cc(N)c(F)c(C)c5C(F)(F)F)c(F)c4n2)O[C@@H](C)[C@@H]2[C@@H]4CC[C@H](CN32)N4C(=O)[C@@H](C)CC)C1. The number of alkyl halides is 3. The molecule has 6 atom stereocenters. The number of nitrogens with two attached hydrogens (primary N) is 1. The van der Waals surface area contributed by atoms with Crippen molar-refractivity contribution in [3.63, 3.8) is 0 Å². The van der Waals surface area contributed by atoms with Gasteiger partial charge in [0.25, 0.3) is 0 Å². The van der Waals surface area contributed by atoms with E-state index in [9.17, 15) is 22.4 Å². The van der Waals surface area contributed by atoms with Crippen LogP contribution < -0.4 is 20.1 Å². The van der Waals surface area contributed by atoms with Gasteiger partial charge in [0.05, 0.1) is 28.9 Å². The number of amides is 1. The fourth-order valence-electron chi connectivity index (χ4n) is 9.45. The number of halogens is 5. The number of pyridine rings is 1. The molecule has 5 aliphatic heterocycles. The van der Waals surface area contributed by atoms with Gasteiger partial charge in [0.15, 0.2) is 5.82 Å². The van der Waals surface area contributed by atoms with E-state index >= 15 is 4.39 Å². The first kappa shape index (κ1) is 34.8. The summed E-state index contributed by atoms with van der Waals surface area (Å²) in [6, 6.07) is -0.258. The lowest BCUT2D eigenvalue weighted by Gasteiger charge is -2.49. The molecule has 2 N–H and O–H groups in total. The number of hydrogen-bond donors (Lipinski definition) is 1. The lowest BCUT2D eigenvalue weighted by Crippen LogP contribution is -2.65. The number of carbonyl (C=O) groups excluding carboxylic acids is 1. The van der Waals surface area contributed by atoms with Crippen LogP contribution in [0, 0.1) is 24.5 Å². The maximum absolute atomic E-state index is 17.1. The number of benzene rings is 1. The Morgan fingerprint density at radius 2 is 1.98 bits per heavy atom. The van der Waals surface area contributed by atoms with Gasteiger partial charge in [-0.2, -0.15) is 23.1 Å². The third-order valence-corrected chi connectivity index (χ3v) is 12.0. The Morgan fingerprint density at radius 3 is 2.71 bits per heavy atom. The molecule has 10 nitrogen and oxygen atoms in total. The molecule has 7 heterocycles. The van der Waals surface area contributed by atoms with Gasteiger partial charge in [-0.3, -0.25) is 9.69 Å². The molecule has 1 aromatic carbocycles. The monoisotopic (exact) mass is 727 g/mol. The molecule has 4 saturated heterocycles. The maximum atomic E-state index is 17.1. The number of carbonyl (C=O) groups is 1. The lowest BCUT2D eigenvalue weighted by atomic mass is 9.94. The van der Waals surface area contributed by atoms with Gasteiger partial charge in [-0.05, 0) is 70.5 Å². The van der Waals surface area contributed by atoms with E-state index in [2.05, 4.69) is 21.4 Å². The summed E-state index contributed by atoms with van der Waals surface area (Å²) in [7, 11) is 0. The molecule has 1 amide bonds. The van der Waals surface area contributed by atoms with E-state index in [1.54, 1.807) is 6.92 Å². The van der Waals surface area contributed by atoms with E-state index in [1.165, 1.54) is 0 Å². The van der Waals surface area contributed by atoms with E-state index in [0.717, 1.165) is 57.3 Å². The van der Waals surface area contributed by atoms with Crippen LogP contribution in [0.5, 0.6) is 11.9 Å². The summed E-state index contributed by atoms with van der Waals surface area (Å²) in [5, 5.41) is 0.0827. The summed E-state index contributed by atoms with van der Waals surface area (Å²) in [4.78, 5) is 33.8. The van der Waals surface area contributed by atoms with Crippen LogP contribution in [-0.4, -0.2) is 86.7 Å². The Bertz CT molecular complexity index is 2010. The van der Waals surface area contributed by atoms with Gasteiger partial charge in [-0.1, -0.05) is 26.0 Å². The zero-order valence-electron chi connectivity index (χ0n) is 29.6. The second kappa shape index (κ2) is 12.1. The van der Waals surface area contributed by atoms with Crippen molar-refractivity contribution in [2.45, 2.75) is 102 Å². The first-order valence-electron chi connectivity index (χ1n) is 18.0. The van der Waals surface area contributed by atoms with Crippen molar-refractivity contribution in [1.29, 1.82) is 0 Å². The largest absolute Gasteiger partial charge is 0.472 e. The molecule has 2 aromatic heterocycles. The second-order valence-corrected chi connectivity index (χ2v) is 15.2. The summed E-state index contributed by atoms with van der Waals surface area (Å²) in [5.41, 5.74) is 1.99. The molecular weight excluding hydrogens is 685 g/mol. The smallest absolute Gasteiger partial charge is 0.417 e. The van der Waals surface area contributed by atoms with Crippen molar-refractivity contribution in [3.05, 3.63) is 41.0 Å². The zero-order chi connectivity index (χ0) is 37.0. The molecule has 0 saturated carbocycles. The van der Waals surface area contributed by atoms with E-state index in [-0.39, 0.29) is 64.7 Å². The minimum Gasteiger partial charge on any atom is -0.472 e. The van der Waals surface area contributed by atoms with Gasteiger partial charge < -0.3 is 25.0 Å². The summed E-state index contributed by atoms with van der Waals surface area (Å²) in [6.45, 7) is 13.0. The topological polar surface area (TPSA) is 110 Å². The van der Waals surface area contributed by atoms with Gasteiger partial charge in [0, 0.05) is 30.6 Å². The molecule has 0 aliphatic carbocycles. The zero-order valence-corrected chi connectivity index (χ0v) is 29.6. The number of ether oxygens (including phenoxy) is 2. The fraction of sp³-hybridized carbons (Fsp3) is 0.568. The van der Waals surface area contributed by atoms with E-state index in [0.29, 0.717) is 19.4 Å². The van der Waals surface area contributed by atoms with Gasteiger partial charge in [0.1, 0.15) is 40.9 Å². The molecule has 4 fully saturated rings. The Hall–Kier alpha value is -4.27. The molecule has 15 heteroatoms. The number of nitrogens with zero attached hydrogens (tertiary/aromatic N) is 6. The number of hydrogen-bond acceptors (Lipinski definition) is 9. The van der Waals surface area contributed by atoms with Crippen molar-refractivity contribution in [2.75, 3.05) is 36.9 Å². The van der Waals surface area contributed by atoms with E-state index < -0.39 is 58.0 Å². The molecule has 0 radical (unpaired) electrons. The van der Waals surface area contributed by atoms with Crippen molar-refractivity contribution >= 4 is 28.3 Å². The normalized spacial score (nSPS) is 27.4. The average molecular weight is 728 g/mol. The van der Waals surface area contributed by atoms with Gasteiger partial charge in [-0.25, -0.2) is 13.8 Å². The van der Waals surface area contributed by atoms with Crippen LogP contribution in [0.2, 0.25) is 0 Å². The quantitative estimate of drug-likeness (QED) is 0.175. The van der Waals surface area contributed by atoms with Crippen LogP contribution in [0.15, 0.2) is 18.2 Å². The van der Waals surface area contributed by atoms with Crippen molar-refractivity contribution in [1.82, 2.24) is 24.8 Å². The number of aromatic nitrogens is 3. The van der Waals surface area contributed by atoms with Crippen LogP contribution in [0.25, 0.3) is 22.2 Å². The highest BCUT2D eigenvalue weighted by Gasteiger charge is 2.54. The van der Waals surface area contributed by atoms with Crippen LogP contribution in [0.3, 0.4) is 0 Å². The predicted octanol–water partition coefficient (Wildman–Crippen LogP) is 6.43. The van der Waals surface area contributed by atoms with Gasteiger partial charge in [0.2, 0.25) is 11.8 Å². The Labute approximate surface area is 298 Å². The summed E-state index contributed by atoms with van der Waals surface area (Å²) in [6.07, 6.45) is -1.02. The number of piperazine rings is 1. The highest BCUT2D eigenvalue weighted by atomic mass is 19.4. The third kappa shape index (κ3) is 5.19. The highest BCUT2D eigenvalue weighted by molar-refractivity contribution is 5.98. The molecule has 8 rings (SSSR count). The van der Waals surface area contributed by atoms with Crippen molar-refractivity contribution < 1.29 is 36.2 Å². The average Bonchev–Trinajstić information content (AvgIpc) is 3.70. The van der Waals surface area contributed by atoms with Crippen LogP contribution in [0.4, 0.5) is 33.5 Å². The number of rotatable bonds is 6. The van der Waals surface area contributed by atoms with Crippen LogP contribution in [-0.2, 0) is 11.0 Å². The predicted molar refractivity (Wildman–Crippen MR) is 184 cm³/mol. The Balaban J connectivity index is 1.32. The standard InChI is InChI=1S/C37H42F5N7O3/c1-6-18(3)34(50)49-21-8-9-24(49)31-20(5)52-33-25-30(28(39)29(44-33)22-12-23(43)27(38)19(4)26(22)37(40,41)42)45-35(46-32(25)48(31)15-21)51-16-36-10-7-11-47(36)14-17(2)13-36/h12,18,20-21,24,31H,2,6-11,13-16,43H2,1,3-5H3/t18-,20-,21+,24-,31+,36-/m0/s1. The molecular formula is C37H42F5N7O3. The first-order chi connectivity index (χ1) is 24.6. The lowest BCUT2D eigenvalue weighted by molar-refractivity contribution is -0.140. The van der Waals surface area contributed by atoms with Gasteiger partial charge in [-0.15, -0.1) is 0 Å². The fourth-order valence-corrected chi connectivity index (χ4v) is 9.45. The highest BCUT2D eigenvalue weighted by Crippen LogP contribution is 2.49. The number of nitrogen functional groups attached to an aromatic ring is 1. The number of fused-ring (bicyclic) bond motifs is 6. The van der Waals surface area contributed by atoms with Crippen molar-refractivity contribution in [2.24, 2.45) is 5.92 Å². The van der Waals surface area contributed by atoms with Crippen LogP contribution in [0.1, 0.15) is 70.4 Å². The Morgan fingerprint density at radius 1 is 1.21 bits per heavy atom. The van der Waals surface area contributed by atoms with E-state index in [4.69, 9.17) is 20.2 Å². The maximum Gasteiger partial charge on any atom is 0.417 e. The molecule has 5 aliphatic rings. The summed E-state index contributed by atoms with van der Waals surface area (Å²) < 4.78 is 88.4. The number of anilines is 2. The van der Waals surface area contributed by atoms with Crippen molar-refractivity contribution in [3.8, 4) is 23.1 Å². The molecule has 2 bridgehead atoms. The molecule has 0 spiro atoms. The first-order valence-corrected chi connectivity index (χ1v) is 18.0. The second-order valence-electron chi connectivity index (χ2n) is 15.2. The van der Waals surface area contributed by atoms with E-state index in [1.807, 2.05) is 23.6 Å². The van der Waals surface area contributed by atoms with Crippen LogP contribution >= 0.6 is 0 Å². The summed E-state index contributed by atoms with van der Waals surface area (Å²) in [5.74, 6) is -2.47. The minimum absolute atomic E-state index is 0.0504. The molecule has 0 unspecified atom stereocenters.